The maximum absolute atomic E-state index is 11.8. The lowest BCUT2D eigenvalue weighted by atomic mass is 10.2. The highest BCUT2D eigenvalue weighted by Crippen LogP contribution is 2.19. The lowest BCUT2D eigenvalue weighted by molar-refractivity contribution is 0.102. The highest BCUT2D eigenvalue weighted by molar-refractivity contribution is 9.09. The number of halogens is 1. The van der Waals surface area contributed by atoms with Gasteiger partial charge in [0.05, 0.1) is 5.33 Å². The zero-order chi connectivity index (χ0) is 14.0. The number of rotatable bonds is 4. The molecule has 0 spiro atoms. The highest BCUT2D eigenvalue weighted by atomic mass is 79.9. The van der Waals surface area contributed by atoms with Gasteiger partial charge in [0, 0.05) is 23.5 Å². The van der Waals surface area contributed by atoms with E-state index in [0.29, 0.717) is 11.9 Å². The van der Waals surface area contributed by atoms with Gasteiger partial charge in [-0.3, -0.25) is 4.79 Å². The summed E-state index contributed by atoms with van der Waals surface area (Å²) in [4.78, 5) is 11.8. The topological polar surface area (TPSA) is 42.2 Å². The van der Waals surface area contributed by atoms with Gasteiger partial charge in [-0.1, -0.05) is 28.1 Å². The van der Waals surface area contributed by atoms with Gasteiger partial charge in [0.25, 0.3) is 0 Å². The van der Waals surface area contributed by atoms with Crippen molar-refractivity contribution < 1.29 is 9.90 Å². The number of aromatic hydroxyl groups is 1. The van der Waals surface area contributed by atoms with E-state index in [1.807, 2.05) is 32.0 Å². The Kier molecular flexibility index (Phi) is 4.10. The van der Waals surface area contributed by atoms with E-state index in [0.717, 1.165) is 22.5 Å². The van der Waals surface area contributed by atoms with Crippen LogP contribution in [0.2, 0.25) is 0 Å². The predicted molar refractivity (Wildman–Crippen MR) is 79.2 cm³/mol. The maximum Gasteiger partial charge on any atom is 0.175 e. The van der Waals surface area contributed by atoms with Gasteiger partial charge in [-0.15, -0.1) is 0 Å². The third-order valence-corrected chi connectivity index (χ3v) is 3.78. The minimum atomic E-state index is 0.102. The zero-order valence-electron chi connectivity index (χ0n) is 11.0. The number of phenolic OH excluding ortho intramolecular Hbond substituents is 1. The number of carbonyl (C=O) groups is 1. The van der Waals surface area contributed by atoms with Crippen molar-refractivity contribution in [3.8, 4) is 5.75 Å². The summed E-state index contributed by atoms with van der Waals surface area (Å²) in [5.41, 5.74) is 3.91. The van der Waals surface area contributed by atoms with Crippen molar-refractivity contribution in [2.45, 2.75) is 20.4 Å². The van der Waals surface area contributed by atoms with Crippen LogP contribution < -0.4 is 0 Å². The Balaban J connectivity index is 2.33. The second kappa shape index (κ2) is 5.61. The van der Waals surface area contributed by atoms with E-state index in [1.165, 1.54) is 0 Å². The zero-order valence-corrected chi connectivity index (χ0v) is 12.6. The lowest BCUT2D eigenvalue weighted by Crippen LogP contribution is -2.06. The van der Waals surface area contributed by atoms with E-state index >= 15 is 0 Å². The van der Waals surface area contributed by atoms with Crippen LogP contribution in [0.15, 0.2) is 30.3 Å². The number of hydrogen-bond acceptors (Lipinski definition) is 2. The van der Waals surface area contributed by atoms with Gasteiger partial charge >= 0.3 is 0 Å². The largest absolute Gasteiger partial charge is 0.508 e. The number of benzene rings is 1. The molecule has 0 aliphatic carbocycles. The van der Waals surface area contributed by atoms with E-state index < -0.39 is 0 Å². The van der Waals surface area contributed by atoms with Crippen molar-refractivity contribution in [1.29, 1.82) is 0 Å². The number of aromatic nitrogens is 1. The van der Waals surface area contributed by atoms with Gasteiger partial charge in [-0.05, 0) is 37.6 Å². The number of hydrogen-bond donors (Lipinski definition) is 1. The first-order chi connectivity index (χ1) is 9.02. The molecule has 0 aliphatic rings. The smallest absolute Gasteiger partial charge is 0.175 e. The van der Waals surface area contributed by atoms with E-state index in [-0.39, 0.29) is 11.5 Å². The Labute approximate surface area is 121 Å². The molecule has 1 aromatic heterocycles. The number of phenols is 1. The second-order valence-corrected chi connectivity index (χ2v) is 5.15. The average molecular weight is 322 g/mol. The number of ketones is 1. The molecule has 1 aromatic carbocycles. The van der Waals surface area contributed by atoms with Crippen molar-refractivity contribution >= 4 is 21.7 Å². The van der Waals surface area contributed by atoms with Crippen LogP contribution in [-0.4, -0.2) is 20.8 Å². The molecule has 0 fully saturated rings. The molecule has 0 radical (unpaired) electrons. The van der Waals surface area contributed by atoms with E-state index in [1.54, 1.807) is 12.1 Å². The molecule has 1 N–H and O–H groups in total. The van der Waals surface area contributed by atoms with Crippen molar-refractivity contribution in [2.75, 3.05) is 5.33 Å². The molecule has 0 saturated heterocycles. The van der Waals surface area contributed by atoms with E-state index in [9.17, 15) is 9.90 Å². The number of aryl methyl sites for hydroxylation is 1. The molecule has 0 saturated carbocycles. The van der Waals surface area contributed by atoms with Gasteiger partial charge < -0.3 is 9.67 Å². The number of Topliss-reactive ketones (excluding diaryl/α,β-unsaturated/α-hetero) is 1. The Morgan fingerprint density at radius 3 is 2.47 bits per heavy atom. The Bertz CT molecular complexity index is 599. The summed E-state index contributed by atoms with van der Waals surface area (Å²) in [6, 6.07) is 9.06. The number of nitrogens with zero attached hydrogens (tertiary/aromatic N) is 1. The molecule has 0 amide bonds. The minimum Gasteiger partial charge on any atom is -0.508 e. The second-order valence-electron chi connectivity index (χ2n) is 4.59. The van der Waals surface area contributed by atoms with Crippen LogP contribution >= 0.6 is 15.9 Å². The van der Waals surface area contributed by atoms with E-state index in [4.69, 9.17) is 0 Å². The van der Waals surface area contributed by atoms with Crippen LogP contribution in [0.25, 0.3) is 0 Å². The first-order valence-corrected chi connectivity index (χ1v) is 7.19. The summed E-state index contributed by atoms with van der Waals surface area (Å²) in [6.45, 7) is 4.66. The quantitative estimate of drug-likeness (QED) is 0.692. The van der Waals surface area contributed by atoms with Gasteiger partial charge in [0.1, 0.15) is 5.75 Å². The van der Waals surface area contributed by atoms with Crippen molar-refractivity contribution in [2.24, 2.45) is 0 Å². The predicted octanol–water partition coefficient (Wildman–Crippen LogP) is 3.44. The van der Waals surface area contributed by atoms with Crippen LogP contribution in [0.1, 0.15) is 27.3 Å². The molecular formula is C15H16BrNO2. The van der Waals surface area contributed by atoms with Crippen LogP contribution in [0.3, 0.4) is 0 Å². The van der Waals surface area contributed by atoms with E-state index in [2.05, 4.69) is 20.5 Å². The summed E-state index contributed by atoms with van der Waals surface area (Å²) >= 11 is 3.21. The molecule has 100 valence electrons. The molecule has 1 heterocycles. The molecule has 4 heteroatoms. The molecular weight excluding hydrogens is 306 g/mol. The Morgan fingerprint density at radius 2 is 1.89 bits per heavy atom. The normalized spacial score (nSPS) is 10.7. The minimum absolute atomic E-state index is 0.102. The fourth-order valence-corrected chi connectivity index (χ4v) is 2.48. The average Bonchev–Trinajstić information content (AvgIpc) is 2.68. The van der Waals surface area contributed by atoms with Crippen molar-refractivity contribution in [3.63, 3.8) is 0 Å². The summed E-state index contributed by atoms with van der Waals surface area (Å²) in [6.07, 6.45) is 0. The number of alkyl halides is 1. The van der Waals surface area contributed by atoms with Gasteiger partial charge in [0.2, 0.25) is 0 Å². The monoisotopic (exact) mass is 321 g/mol. The molecule has 0 bridgehead atoms. The van der Waals surface area contributed by atoms with Crippen LogP contribution in [0.4, 0.5) is 0 Å². The van der Waals surface area contributed by atoms with Crippen molar-refractivity contribution in [3.05, 3.63) is 52.8 Å². The SMILES string of the molecule is Cc1cc(C(=O)CBr)c(C)n1Cc1ccc(O)cc1. The van der Waals surface area contributed by atoms with Crippen LogP contribution in [0, 0.1) is 13.8 Å². The maximum atomic E-state index is 11.8. The summed E-state index contributed by atoms with van der Waals surface area (Å²) in [7, 11) is 0. The fourth-order valence-electron chi connectivity index (χ4n) is 2.18. The molecule has 0 unspecified atom stereocenters. The van der Waals surface area contributed by atoms with Gasteiger partial charge in [-0.2, -0.15) is 0 Å². The first kappa shape index (κ1) is 13.9. The van der Waals surface area contributed by atoms with Crippen LogP contribution in [0.5, 0.6) is 5.75 Å². The Morgan fingerprint density at radius 1 is 1.26 bits per heavy atom. The highest BCUT2D eigenvalue weighted by Gasteiger charge is 2.14. The third kappa shape index (κ3) is 2.89. The fraction of sp³-hybridized carbons (Fsp3) is 0.267. The summed E-state index contributed by atoms with van der Waals surface area (Å²) in [5, 5.41) is 9.63. The molecule has 0 aliphatic heterocycles. The third-order valence-electron chi connectivity index (χ3n) is 3.27. The van der Waals surface area contributed by atoms with Gasteiger partial charge in [0.15, 0.2) is 5.78 Å². The summed E-state index contributed by atoms with van der Waals surface area (Å²) < 4.78 is 2.11. The molecule has 0 atom stereocenters. The molecule has 3 nitrogen and oxygen atoms in total. The lowest BCUT2D eigenvalue weighted by Gasteiger charge is -2.10. The standard InChI is InChI=1S/C15H16BrNO2/c1-10-7-14(15(19)8-16)11(2)17(10)9-12-3-5-13(18)6-4-12/h3-7,18H,8-9H2,1-2H3. The Hall–Kier alpha value is -1.55. The number of carbonyl (C=O) groups excluding carboxylic acids is 1. The summed E-state index contributed by atoms with van der Waals surface area (Å²) in [5.74, 6) is 0.366. The van der Waals surface area contributed by atoms with Crippen molar-refractivity contribution in [1.82, 2.24) is 4.57 Å². The van der Waals surface area contributed by atoms with Crippen LogP contribution in [-0.2, 0) is 6.54 Å². The molecule has 19 heavy (non-hydrogen) atoms. The molecule has 2 aromatic rings. The first-order valence-electron chi connectivity index (χ1n) is 6.06. The molecule has 2 rings (SSSR count). The van der Waals surface area contributed by atoms with Gasteiger partial charge in [-0.25, -0.2) is 0 Å².